The highest BCUT2D eigenvalue weighted by molar-refractivity contribution is 4.88. The van der Waals surface area contributed by atoms with Crippen molar-refractivity contribution in [2.45, 2.75) is 45.2 Å². The molecule has 0 aromatic rings. The Kier molecular flexibility index (Phi) is 3.71. The van der Waals surface area contributed by atoms with Gasteiger partial charge >= 0.3 is 0 Å². The normalized spacial score (nSPS) is 46.4. The number of methoxy groups -OCH3 is 2. The summed E-state index contributed by atoms with van der Waals surface area (Å²) in [5.41, 5.74) is 0. The molecule has 0 amide bonds. The van der Waals surface area contributed by atoms with Crippen molar-refractivity contribution >= 4 is 0 Å². The lowest BCUT2D eigenvalue weighted by molar-refractivity contribution is -0.202. The van der Waals surface area contributed by atoms with Crippen LogP contribution in [0.5, 0.6) is 0 Å². The van der Waals surface area contributed by atoms with E-state index in [1.807, 2.05) is 6.92 Å². The zero-order valence-electron chi connectivity index (χ0n) is 9.11. The second-order valence-electron chi connectivity index (χ2n) is 3.81. The standard InChI is InChI=1S/C10H20O3/c1-6-7(2)13-8(3)10(12-5)9(6)11-4/h6-10H,1-5H3/t6-,7?,8-,9?,10?/m0/s1. The van der Waals surface area contributed by atoms with E-state index >= 15 is 0 Å². The molecule has 0 aromatic heterocycles. The average molecular weight is 188 g/mol. The maximum Gasteiger partial charge on any atom is 0.109 e. The molecule has 1 aliphatic heterocycles. The van der Waals surface area contributed by atoms with Crippen molar-refractivity contribution in [2.24, 2.45) is 5.92 Å². The highest BCUT2D eigenvalue weighted by Gasteiger charge is 2.40. The monoisotopic (exact) mass is 188 g/mol. The molecule has 0 spiro atoms. The molecular formula is C10H20O3. The Morgan fingerprint density at radius 2 is 1.38 bits per heavy atom. The Balaban J connectivity index is 2.71. The first kappa shape index (κ1) is 11.0. The SMILES string of the molecule is COC1C(OC)[C@H](C)OC(C)[C@@H]1C. The average Bonchev–Trinajstić information content (AvgIpc) is 2.10. The summed E-state index contributed by atoms with van der Waals surface area (Å²) in [5, 5.41) is 0. The minimum Gasteiger partial charge on any atom is -0.378 e. The Hall–Kier alpha value is -0.120. The Morgan fingerprint density at radius 3 is 1.85 bits per heavy atom. The maximum atomic E-state index is 5.73. The van der Waals surface area contributed by atoms with Crippen molar-refractivity contribution in [3.63, 3.8) is 0 Å². The van der Waals surface area contributed by atoms with Crippen LogP contribution in [0.25, 0.3) is 0 Å². The van der Waals surface area contributed by atoms with Gasteiger partial charge in [-0.1, -0.05) is 6.92 Å². The van der Waals surface area contributed by atoms with E-state index in [0.717, 1.165) is 0 Å². The van der Waals surface area contributed by atoms with Crippen LogP contribution in [0.15, 0.2) is 0 Å². The van der Waals surface area contributed by atoms with Crippen molar-refractivity contribution in [1.82, 2.24) is 0 Å². The van der Waals surface area contributed by atoms with Gasteiger partial charge in [0.15, 0.2) is 0 Å². The smallest absolute Gasteiger partial charge is 0.109 e. The third-order valence-corrected chi connectivity index (χ3v) is 3.02. The molecule has 1 rings (SSSR count). The van der Waals surface area contributed by atoms with Gasteiger partial charge in [-0.05, 0) is 13.8 Å². The van der Waals surface area contributed by atoms with Crippen molar-refractivity contribution < 1.29 is 14.2 Å². The quantitative estimate of drug-likeness (QED) is 0.656. The fraction of sp³-hybridized carbons (Fsp3) is 1.00. The molecule has 0 aromatic carbocycles. The molecule has 1 saturated heterocycles. The molecule has 0 aliphatic carbocycles. The highest BCUT2D eigenvalue weighted by atomic mass is 16.6. The first-order valence-electron chi connectivity index (χ1n) is 4.82. The number of ether oxygens (including phenoxy) is 3. The fourth-order valence-corrected chi connectivity index (χ4v) is 2.05. The molecular weight excluding hydrogens is 168 g/mol. The third kappa shape index (κ3) is 2.03. The van der Waals surface area contributed by atoms with Gasteiger partial charge in [0.1, 0.15) is 6.10 Å². The Bertz CT molecular complexity index is 160. The predicted octanol–water partition coefficient (Wildman–Crippen LogP) is 1.46. The first-order valence-corrected chi connectivity index (χ1v) is 4.82. The van der Waals surface area contributed by atoms with E-state index in [0.29, 0.717) is 5.92 Å². The van der Waals surface area contributed by atoms with Crippen LogP contribution in [-0.4, -0.2) is 38.6 Å². The molecule has 78 valence electrons. The van der Waals surface area contributed by atoms with Gasteiger partial charge < -0.3 is 14.2 Å². The van der Waals surface area contributed by atoms with Crippen LogP contribution in [0.2, 0.25) is 0 Å². The predicted molar refractivity (Wildman–Crippen MR) is 50.8 cm³/mol. The first-order chi connectivity index (χ1) is 6.11. The van der Waals surface area contributed by atoms with Crippen LogP contribution >= 0.6 is 0 Å². The van der Waals surface area contributed by atoms with E-state index in [2.05, 4.69) is 13.8 Å². The van der Waals surface area contributed by atoms with Crippen molar-refractivity contribution in [2.75, 3.05) is 14.2 Å². The lowest BCUT2D eigenvalue weighted by atomic mass is 9.89. The molecule has 3 heteroatoms. The summed E-state index contributed by atoms with van der Waals surface area (Å²) >= 11 is 0. The van der Waals surface area contributed by atoms with E-state index in [-0.39, 0.29) is 24.4 Å². The summed E-state index contributed by atoms with van der Waals surface area (Å²) in [4.78, 5) is 0. The van der Waals surface area contributed by atoms with Crippen molar-refractivity contribution in [3.8, 4) is 0 Å². The van der Waals surface area contributed by atoms with E-state index < -0.39 is 0 Å². The molecule has 0 radical (unpaired) electrons. The Morgan fingerprint density at radius 1 is 0.846 bits per heavy atom. The van der Waals surface area contributed by atoms with Gasteiger partial charge in [-0.25, -0.2) is 0 Å². The third-order valence-electron chi connectivity index (χ3n) is 3.02. The largest absolute Gasteiger partial charge is 0.378 e. The van der Waals surface area contributed by atoms with Gasteiger partial charge in [-0.15, -0.1) is 0 Å². The van der Waals surface area contributed by atoms with Crippen LogP contribution in [-0.2, 0) is 14.2 Å². The number of hydrogen-bond acceptors (Lipinski definition) is 3. The van der Waals surface area contributed by atoms with E-state index in [1.54, 1.807) is 14.2 Å². The van der Waals surface area contributed by atoms with Gasteiger partial charge in [0.25, 0.3) is 0 Å². The van der Waals surface area contributed by atoms with Crippen LogP contribution < -0.4 is 0 Å². The molecule has 5 atom stereocenters. The van der Waals surface area contributed by atoms with E-state index in [9.17, 15) is 0 Å². The fourth-order valence-electron chi connectivity index (χ4n) is 2.05. The highest BCUT2D eigenvalue weighted by Crippen LogP contribution is 2.28. The summed E-state index contributed by atoms with van der Waals surface area (Å²) in [5.74, 6) is 0.381. The maximum absolute atomic E-state index is 5.73. The number of rotatable bonds is 2. The molecule has 3 nitrogen and oxygen atoms in total. The lowest BCUT2D eigenvalue weighted by Crippen LogP contribution is -2.53. The zero-order valence-corrected chi connectivity index (χ0v) is 9.11. The summed E-state index contributed by atoms with van der Waals surface area (Å²) in [6.07, 6.45) is 0.549. The molecule has 0 saturated carbocycles. The summed E-state index contributed by atoms with van der Waals surface area (Å²) in [6, 6.07) is 0. The second-order valence-corrected chi connectivity index (χ2v) is 3.81. The summed E-state index contributed by atoms with van der Waals surface area (Å²) in [7, 11) is 3.44. The van der Waals surface area contributed by atoms with Gasteiger partial charge in [0, 0.05) is 20.1 Å². The van der Waals surface area contributed by atoms with Gasteiger partial charge in [-0.3, -0.25) is 0 Å². The minimum absolute atomic E-state index is 0.0520. The van der Waals surface area contributed by atoms with Crippen molar-refractivity contribution in [3.05, 3.63) is 0 Å². The van der Waals surface area contributed by atoms with Gasteiger partial charge in [-0.2, -0.15) is 0 Å². The van der Waals surface area contributed by atoms with E-state index in [4.69, 9.17) is 14.2 Å². The Labute approximate surface area is 80.4 Å². The molecule has 0 bridgehead atoms. The number of hydrogen-bond donors (Lipinski definition) is 0. The lowest BCUT2D eigenvalue weighted by Gasteiger charge is -2.42. The molecule has 13 heavy (non-hydrogen) atoms. The van der Waals surface area contributed by atoms with Crippen LogP contribution in [0, 0.1) is 5.92 Å². The van der Waals surface area contributed by atoms with E-state index in [1.165, 1.54) is 0 Å². The molecule has 1 heterocycles. The van der Waals surface area contributed by atoms with Crippen LogP contribution in [0.4, 0.5) is 0 Å². The second kappa shape index (κ2) is 4.40. The minimum atomic E-state index is 0.0520. The summed E-state index contributed by atoms with van der Waals surface area (Å²) < 4.78 is 16.5. The van der Waals surface area contributed by atoms with Crippen LogP contribution in [0.3, 0.4) is 0 Å². The van der Waals surface area contributed by atoms with Gasteiger partial charge in [0.05, 0.1) is 18.3 Å². The summed E-state index contributed by atoms with van der Waals surface area (Å²) in [6.45, 7) is 6.25. The van der Waals surface area contributed by atoms with Crippen molar-refractivity contribution in [1.29, 1.82) is 0 Å². The zero-order chi connectivity index (χ0) is 10.0. The van der Waals surface area contributed by atoms with Gasteiger partial charge in [0.2, 0.25) is 0 Å². The molecule has 0 N–H and O–H groups in total. The molecule has 1 aliphatic rings. The topological polar surface area (TPSA) is 27.7 Å². The van der Waals surface area contributed by atoms with Crippen LogP contribution in [0.1, 0.15) is 20.8 Å². The molecule has 3 unspecified atom stereocenters. The molecule has 1 fully saturated rings.